The molecule has 1 saturated heterocycles. The van der Waals surface area contributed by atoms with E-state index in [1.807, 2.05) is 30.5 Å². The largest absolute Gasteiger partial charge is 0.327 e. The minimum absolute atomic E-state index is 0.241. The van der Waals surface area contributed by atoms with Crippen LogP contribution in [0.5, 0.6) is 0 Å². The fourth-order valence-electron chi connectivity index (χ4n) is 3.32. The van der Waals surface area contributed by atoms with Crippen LogP contribution in [-0.2, 0) is 0 Å². The predicted molar refractivity (Wildman–Crippen MR) is 103 cm³/mol. The number of aryl methyl sites for hydroxylation is 1. The molecular weight excluding hydrogens is 352 g/mol. The summed E-state index contributed by atoms with van der Waals surface area (Å²) in [5.41, 5.74) is 2.10. The van der Waals surface area contributed by atoms with Crippen molar-refractivity contribution in [2.24, 2.45) is 4.99 Å². The Hall–Kier alpha value is -1.74. The lowest BCUT2D eigenvalue weighted by molar-refractivity contribution is -0.918. The van der Waals surface area contributed by atoms with Crippen LogP contribution in [-0.4, -0.2) is 30.8 Å². The molecule has 25 heavy (non-hydrogen) atoms. The molecule has 1 aliphatic rings. The number of nitrogens with one attached hydrogen (secondary N) is 1. The standard InChI is InChI=1S/C19H21ClN4S/c1-14-13-25-19(23-14)15(10-21)11-22-12-18(24-8-4-5-9-24)16-6-2-3-7-17(16)20/h2-3,6-7,11,13,15,18H,4-5,8-9,12H2,1H3/p+1/t15-,18-/m1/s1. The van der Waals surface area contributed by atoms with Gasteiger partial charge in [0.2, 0.25) is 0 Å². The van der Waals surface area contributed by atoms with Crippen molar-refractivity contribution in [3.05, 3.63) is 50.9 Å². The van der Waals surface area contributed by atoms with Crippen molar-refractivity contribution >= 4 is 29.2 Å². The molecule has 0 unspecified atom stereocenters. The average molecular weight is 374 g/mol. The molecule has 2 heterocycles. The Morgan fingerprint density at radius 2 is 2.16 bits per heavy atom. The Kier molecular flexibility index (Phi) is 6.19. The van der Waals surface area contributed by atoms with Crippen LogP contribution in [0.4, 0.5) is 0 Å². The van der Waals surface area contributed by atoms with Crippen LogP contribution < -0.4 is 4.90 Å². The minimum atomic E-state index is -0.376. The van der Waals surface area contributed by atoms with Gasteiger partial charge in [-0.25, -0.2) is 4.98 Å². The number of quaternary nitrogens is 1. The van der Waals surface area contributed by atoms with E-state index >= 15 is 0 Å². The summed E-state index contributed by atoms with van der Waals surface area (Å²) < 4.78 is 0. The molecule has 2 aromatic rings. The van der Waals surface area contributed by atoms with E-state index < -0.39 is 0 Å². The van der Waals surface area contributed by atoms with Crippen molar-refractivity contribution in [2.75, 3.05) is 19.6 Å². The van der Waals surface area contributed by atoms with Crippen LogP contribution in [0, 0.1) is 18.3 Å². The summed E-state index contributed by atoms with van der Waals surface area (Å²) in [4.78, 5) is 10.6. The van der Waals surface area contributed by atoms with E-state index in [1.54, 1.807) is 6.21 Å². The van der Waals surface area contributed by atoms with Crippen LogP contribution in [0.15, 0.2) is 34.6 Å². The minimum Gasteiger partial charge on any atom is -0.327 e. The number of nitrogens with zero attached hydrogens (tertiary/aromatic N) is 3. The number of aliphatic imine (C=N–C) groups is 1. The van der Waals surface area contributed by atoms with Crippen molar-refractivity contribution < 1.29 is 4.90 Å². The predicted octanol–water partition coefficient (Wildman–Crippen LogP) is 3.20. The third-order valence-corrected chi connectivity index (χ3v) is 5.99. The van der Waals surface area contributed by atoms with E-state index in [2.05, 4.69) is 22.1 Å². The third-order valence-electron chi connectivity index (χ3n) is 4.60. The molecule has 1 aliphatic heterocycles. The smallest absolute Gasteiger partial charge is 0.134 e. The molecule has 0 saturated carbocycles. The first kappa shape index (κ1) is 18.1. The molecule has 0 amide bonds. The van der Waals surface area contributed by atoms with E-state index in [9.17, 15) is 5.26 Å². The van der Waals surface area contributed by atoms with Crippen LogP contribution in [0.3, 0.4) is 0 Å². The van der Waals surface area contributed by atoms with Crippen LogP contribution >= 0.6 is 22.9 Å². The molecule has 1 N–H and O–H groups in total. The topological polar surface area (TPSA) is 53.5 Å². The highest BCUT2D eigenvalue weighted by Gasteiger charge is 2.28. The lowest BCUT2D eigenvalue weighted by Gasteiger charge is -2.24. The molecular formula is C19H22ClN4S+. The van der Waals surface area contributed by atoms with Gasteiger partial charge in [0.05, 0.1) is 25.7 Å². The first-order valence-corrected chi connectivity index (χ1v) is 9.85. The summed E-state index contributed by atoms with van der Waals surface area (Å²) in [7, 11) is 0. The Morgan fingerprint density at radius 3 is 2.80 bits per heavy atom. The van der Waals surface area contributed by atoms with E-state index in [-0.39, 0.29) is 12.0 Å². The second-order valence-corrected chi connectivity index (χ2v) is 7.68. The Bertz CT molecular complexity index is 774. The van der Waals surface area contributed by atoms with Gasteiger partial charge in [-0.1, -0.05) is 29.8 Å². The van der Waals surface area contributed by atoms with Crippen LogP contribution in [0.1, 0.15) is 41.1 Å². The van der Waals surface area contributed by atoms with Crippen LogP contribution in [0.2, 0.25) is 5.02 Å². The first-order valence-electron chi connectivity index (χ1n) is 8.59. The lowest BCUT2D eigenvalue weighted by atomic mass is 10.1. The van der Waals surface area contributed by atoms with Crippen molar-refractivity contribution in [3.8, 4) is 6.07 Å². The third kappa shape index (κ3) is 4.46. The summed E-state index contributed by atoms with van der Waals surface area (Å²) in [6, 6.07) is 10.6. The molecule has 3 rings (SSSR count). The number of hydrogen-bond acceptors (Lipinski definition) is 4. The monoisotopic (exact) mass is 373 g/mol. The molecule has 1 fully saturated rings. The highest BCUT2D eigenvalue weighted by Crippen LogP contribution is 2.22. The molecule has 1 aromatic carbocycles. The Morgan fingerprint density at radius 1 is 1.40 bits per heavy atom. The van der Waals surface area contributed by atoms with Crippen molar-refractivity contribution in [3.63, 3.8) is 0 Å². The van der Waals surface area contributed by atoms with Crippen molar-refractivity contribution in [1.29, 1.82) is 5.26 Å². The van der Waals surface area contributed by atoms with Crippen molar-refractivity contribution in [2.45, 2.75) is 31.7 Å². The van der Waals surface area contributed by atoms with E-state index in [1.165, 1.54) is 29.1 Å². The first-order chi connectivity index (χ1) is 12.2. The van der Waals surface area contributed by atoms with Gasteiger partial charge in [-0.3, -0.25) is 4.99 Å². The maximum atomic E-state index is 9.43. The van der Waals surface area contributed by atoms with E-state index in [0.29, 0.717) is 6.54 Å². The second-order valence-electron chi connectivity index (χ2n) is 6.39. The quantitative estimate of drug-likeness (QED) is 0.790. The number of likely N-dealkylation sites (tertiary alicyclic amines) is 1. The SMILES string of the molecule is Cc1csc([C@H](C#N)C=NC[C@H](c2ccccc2Cl)[NH+]2CCCC2)n1. The maximum absolute atomic E-state index is 9.43. The number of rotatable bonds is 6. The normalized spacial score (nSPS) is 17.6. The molecule has 0 spiro atoms. The zero-order valence-electron chi connectivity index (χ0n) is 14.3. The number of aromatic nitrogens is 1. The van der Waals surface area contributed by atoms with Gasteiger partial charge in [0.25, 0.3) is 0 Å². The molecule has 0 aliphatic carbocycles. The fraction of sp³-hybridized carbons (Fsp3) is 0.421. The summed E-state index contributed by atoms with van der Waals surface area (Å²) in [6.07, 6.45) is 4.25. The molecule has 130 valence electrons. The molecule has 0 radical (unpaired) electrons. The molecule has 6 heteroatoms. The molecule has 4 nitrogen and oxygen atoms in total. The summed E-state index contributed by atoms with van der Waals surface area (Å²) in [5.74, 6) is -0.376. The zero-order chi connectivity index (χ0) is 17.6. The van der Waals surface area contributed by atoms with Gasteiger partial charge in [-0.05, 0) is 13.0 Å². The molecule has 2 atom stereocenters. The van der Waals surface area contributed by atoms with Gasteiger partial charge < -0.3 is 4.90 Å². The van der Waals surface area contributed by atoms with Gasteiger partial charge >= 0.3 is 0 Å². The van der Waals surface area contributed by atoms with Crippen LogP contribution in [0.25, 0.3) is 0 Å². The number of halogens is 1. The van der Waals surface area contributed by atoms with Gasteiger partial charge in [0, 0.05) is 40.7 Å². The van der Waals surface area contributed by atoms with Gasteiger partial charge in [0.1, 0.15) is 17.0 Å². The highest BCUT2D eigenvalue weighted by molar-refractivity contribution is 7.09. The number of hydrogen-bond donors (Lipinski definition) is 1. The van der Waals surface area contributed by atoms with Gasteiger partial charge in [0.15, 0.2) is 0 Å². The average Bonchev–Trinajstić information content (AvgIpc) is 3.28. The molecule has 1 aromatic heterocycles. The Balaban J connectivity index is 1.76. The zero-order valence-corrected chi connectivity index (χ0v) is 15.9. The summed E-state index contributed by atoms with van der Waals surface area (Å²) in [5, 5.41) is 13.0. The van der Waals surface area contributed by atoms with E-state index in [0.717, 1.165) is 34.4 Å². The number of nitriles is 1. The lowest BCUT2D eigenvalue weighted by Crippen LogP contribution is -3.10. The Labute approximate surface area is 157 Å². The number of benzene rings is 1. The maximum Gasteiger partial charge on any atom is 0.134 e. The van der Waals surface area contributed by atoms with E-state index in [4.69, 9.17) is 11.6 Å². The van der Waals surface area contributed by atoms with Gasteiger partial charge in [-0.15, -0.1) is 11.3 Å². The number of thiazole rings is 1. The van der Waals surface area contributed by atoms with Gasteiger partial charge in [-0.2, -0.15) is 5.26 Å². The second kappa shape index (κ2) is 8.57. The summed E-state index contributed by atoms with van der Waals surface area (Å²) in [6.45, 7) is 4.88. The molecule has 0 bridgehead atoms. The van der Waals surface area contributed by atoms with Crippen molar-refractivity contribution in [1.82, 2.24) is 4.98 Å². The fourth-order valence-corrected chi connectivity index (χ4v) is 4.39. The highest BCUT2D eigenvalue weighted by atomic mass is 35.5. The summed E-state index contributed by atoms with van der Waals surface area (Å²) >= 11 is 7.95.